The first kappa shape index (κ1) is 17.0. The van der Waals surface area contributed by atoms with Crippen molar-refractivity contribution < 1.29 is 18.3 Å². The van der Waals surface area contributed by atoms with E-state index in [0.29, 0.717) is 6.42 Å². The molecule has 7 heteroatoms. The number of sulfone groups is 1. The number of aryl methyl sites for hydroxylation is 1. The molecule has 6 nitrogen and oxygen atoms in total. The Kier molecular flexibility index (Phi) is 5.33. The lowest BCUT2D eigenvalue weighted by molar-refractivity contribution is -0.116. The lowest BCUT2D eigenvalue weighted by Gasteiger charge is -2.09. The summed E-state index contributed by atoms with van der Waals surface area (Å²) in [7, 11) is -3.40. The molecule has 122 valence electrons. The molecule has 2 N–H and O–H groups in total. The number of anilines is 1. The maximum absolute atomic E-state index is 12.0. The van der Waals surface area contributed by atoms with Crippen LogP contribution in [0.4, 0.5) is 5.69 Å². The number of pyridine rings is 1. The number of phenols is 1. The van der Waals surface area contributed by atoms with E-state index in [2.05, 4.69) is 10.3 Å². The largest absolute Gasteiger partial charge is 0.506 e. The van der Waals surface area contributed by atoms with Crippen LogP contribution in [0.15, 0.2) is 47.6 Å². The third kappa shape index (κ3) is 4.53. The zero-order valence-electron chi connectivity index (χ0n) is 12.7. The molecule has 0 aliphatic heterocycles. The van der Waals surface area contributed by atoms with Crippen molar-refractivity contribution >= 4 is 21.4 Å². The van der Waals surface area contributed by atoms with Crippen LogP contribution in [-0.4, -0.2) is 30.2 Å². The van der Waals surface area contributed by atoms with Gasteiger partial charge in [-0.2, -0.15) is 0 Å². The molecule has 2 rings (SSSR count). The minimum absolute atomic E-state index is 0.0494. The van der Waals surface area contributed by atoms with E-state index in [1.165, 1.54) is 25.1 Å². The standard InChI is InChI=1S/C16H18N2O4S/c1-2-23(21,22)13-6-7-15(19)14(10-13)18-16(20)8-5-12-4-3-9-17-11-12/h3-4,6-7,9-11,19H,2,5,8H2,1H3,(H,18,20). The molecule has 23 heavy (non-hydrogen) atoms. The highest BCUT2D eigenvalue weighted by Gasteiger charge is 2.15. The summed E-state index contributed by atoms with van der Waals surface area (Å²) in [5.74, 6) is -0.531. The van der Waals surface area contributed by atoms with Crippen molar-refractivity contribution in [1.82, 2.24) is 4.98 Å². The van der Waals surface area contributed by atoms with Gasteiger partial charge in [0.2, 0.25) is 5.91 Å². The van der Waals surface area contributed by atoms with Gasteiger partial charge in [-0.1, -0.05) is 13.0 Å². The van der Waals surface area contributed by atoms with E-state index in [1.54, 1.807) is 18.5 Å². The molecular weight excluding hydrogens is 316 g/mol. The van der Waals surface area contributed by atoms with Crippen LogP contribution >= 0.6 is 0 Å². The fourth-order valence-corrected chi connectivity index (χ4v) is 2.90. The van der Waals surface area contributed by atoms with Crippen molar-refractivity contribution in [3.8, 4) is 5.75 Å². The molecule has 0 fully saturated rings. The molecule has 0 atom stereocenters. The normalized spacial score (nSPS) is 11.2. The zero-order chi connectivity index (χ0) is 16.9. The van der Waals surface area contributed by atoms with Gasteiger partial charge in [-0.05, 0) is 36.2 Å². The number of amides is 1. The molecule has 0 spiro atoms. The zero-order valence-corrected chi connectivity index (χ0v) is 13.5. The number of phenolic OH excluding ortho intramolecular Hbond substituents is 1. The Labute approximate surface area is 135 Å². The van der Waals surface area contributed by atoms with Gasteiger partial charge in [0.1, 0.15) is 5.75 Å². The van der Waals surface area contributed by atoms with Crippen molar-refractivity contribution in [1.29, 1.82) is 0 Å². The van der Waals surface area contributed by atoms with Crippen LogP contribution in [0.1, 0.15) is 18.9 Å². The summed E-state index contributed by atoms with van der Waals surface area (Å²) in [6.07, 6.45) is 4.05. The van der Waals surface area contributed by atoms with E-state index < -0.39 is 9.84 Å². The Balaban J connectivity index is 2.07. The average molecular weight is 334 g/mol. The molecule has 0 saturated carbocycles. The van der Waals surface area contributed by atoms with Crippen LogP contribution in [0.5, 0.6) is 5.75 Å². The number of nitrogens with one attached hydrogen (secondary N) is 1. The van der Waals surface area contributed by atoms with Gasteiger partial charge in [0.25, 0.3) is 0 Å². The van der Waals surface area contributed by atoms with Gasteiger partial charge < -0.3 is 10.4 Å². The first-order valence-corrected chi connectivity index (χ1v) is 8.82. The topological polar surface area (TPSA) is 96.4 Å². The highest BCUT2D eigenvalue weighted by molar-refractivity contribution is 7.91. The highest BCUT2D eigenvalue weighted by Crippen LogP contribution is 2.27. The maximum atomic E-state index is 12.0. The molecule has 1 aromatic heterocycles. The Hall–Kier alpha value is -2.41. The predicted molar refractivity (Wildman–Crippen MR) is 87.0 cm³/mol. The summed E-state index contributed by atoms with van der Waals surface area (Å²) in [6.45, 7) is 1.54. The Morgan fingerprint density at radius 3 is 2.74 bits per heavy atom. The summed E-state index contributed by atoms with van der Waals surface area (Å²) in [5.41, 5.74) is 1.02. The summed E-state index contributed by atoms with van der Waals surface area (Å²) in [5, 5.41) is 12.3. The van der Waals surface area contributed by atoms with Crippen molar-refractivity contribution in [2.75, 3.05) is 11.1 Å². The number of rotatable bonds is 6. The number of aromatic nitrogens is 1. The molecule has 1 aromatic carbocycles. The second-order valence-electron chi connectivity index (χ2n) is 4.99. The van der Waals surface area contributed by atoms with Crippen LogP contribution in [0, 0.1) is 0 Å². The maximum Gasteiger partial charge on any atom is 0.224 e. The SMILES string of the molecule is CCS(=O)(=O)c1ccc(O)c(NC(=O)CCc2cccnc2)c1. The summed E-state index contributed by atoms with van der Waals surface area (Å²) >= 11 is 0. The lowest BCUT2D eigenvalue weighted by atomic mass is 10.1. The van der Waals surface area contributed by atoms with Crippen LogP contribution in [0.25, 0.3) is 0 Å². The van der Waals surface area contributed by atoms with Gasteiger partial charge in [0.05, 0.1) is 16.3 Å². The van der Waals surface area contributed by atoms with Crippen LogP contribution in [-0.2, 0) is 21.1 Å². The van der Waals surface area contributed by atoms with Crippen molar-refractivity contribution in [3.63, 3.8) is 0 Å². The smallest absolute Gasteiger partial charge is 0.224 e. The first-order chi connectivity index (χ1) is 10.9. The van der Waals surface area contributed by atoms with E-state index in [1.807, 2.05) is 6.07 Å². The monoisotopic (exact) mass is 334 g/mol. The number of hydrogen-bond donors (Lipinski definition) is 2. The van der Waals surface area contributed by atoms with Crippen molar-refractivity contribution in [2.45, 2.75) is 24.7 Å². The third-order valence-corrected chi connectivity index (χ3v) is 5.08. The molecule has 0 aliphatic rings. The third-order valence-electron chi connectivity index (χ3n) is 3.34. The summed E-state index contributed by atoms with van der Waals surface area (Å²) in [4.78, 5) is 16.0. The molecule has 0 saturated heterocycles. The van der Waals surface area contributed by atoms with Gasteiger partial charge in [0, 0.05) is 18.8 Å². The fraction of sp³-hybridized carbons (Fsp3) is 0.250. The van der Waals surface area contributed by atoms with Gasteiger partial charge in [-0.15, -0.1) is 0 Å². The van der Waals surface area contributed by atoms with Crippen molar-refractivity contribution in [3.05, 3.63) is 48.3 Å². The molecule has 2 aromatic rings. The second kappa shape index (κ2) is 7.23. The Morgan fingerprint density at radius 1 is 1.30 bits per heavy atom. The van der Waals surface area contributed by atoms with Crippen LogP contribution in [0.2, 0.25) is 0 Å². The number of carbonyl (C=O) groups is 1. The second-order valence-corrected chi connectivity index (χ2v) is 7.27. The van der Waals surface area contributed by atoms with E-state index in [-0.39, 0.29) is 34.4 Å². The molecule has 0 aliphatic carbocycles. The van der Waals surface area contributed by atoms with Gasteiger partial charge in [-0.3, -0.25) is 9.78 Å². The molecule has 0 radical (unpaired) electrons. The summed E-state index contributed by atoms with van der Waals surface area (Å²) < 4.78 is 23.7. The van der Waals surface area contributed by atoms with Gasteiger partial charge in [0.15, 0.2) is 9.84 Å². The summed E-state index contributed by atoms with van der Waals surface area (Å²) in [6, 6.07) is 7.51. The molecule has 0 unspecified atom stereocenters. The molecule has 1 amide bonds. The number of hydrogen-bond acceptors (Lipinski definition) is 5. The molecule has 1 heterocycles. The fourth-order valence-electron chi connectivity index (χ4n) is 1.99. The Bertz CT molecular complexity index is 789. The quantitative estimate of drug-likeness (QED) is 0.789. The van der Waals surface area contributed by atoms with Crippen molar-refractivity contribution in [2.24, 2.45) is 0 Å². The molecule has 0 bridgehead atoms. The first-order valence-electron chi connectivity index (χ1n) is 7.17. The van der Waals surface area contributed by atoms with Gasteiger partial charge in [-0.25, -0.2) is 8.42 Å². The number of aromatic hydroxyl groups is 1. The highest BCUT2D eigenvalue weighted by atomic mass is 32.2. The van der Waals surface area contributed by atoms with Gasteiger partial charge >= 0.3 is 0 Å². The van der Waals surface area contributed by atoms with E-state index in [4.69, 9.17) is 0 Å². The number of nitrogens with zero attached hydrogens (tertiary/aromatic N) is 1. The van der Waals surface area contributed by atoms with E-state index in [0.717, 1.165) is 5.56 Å². The number of carbonyl (C=O) groups excluding carboxylic acids is 1. The minimum Gasteiger partial charge on any atom is -0.506 e. The van der Waals surface area contributed by atoms with Crippen LogP contribution < -0.4 is 5.32 Å². The predicted octanol–water partition coefficient (Wildman–Crippen LogP) is 2.15. The van der Waals surface area contributed by atoms with E-state index in [9.17, 15) is 18.3 Å². The Morgan fingerprint density at radius 2 is 2.09 bits per heavy atom. The average Bonchev–Trinajstić information content (AvgIpc) is 2.56. The molecular formula is C16H18N2O4S. The number of benzene rings is 1. The minimum atomic E-state index is -3.40. The van der Waals surface area contributed by atoms with Crippen LogP contribution in [0.3, 0.4) is 0 Å². The lowest BCUT2D eigenvalue weighted by Crippen LogP contribution is -2.13. The van der Waals surface area contributed by atoms with E-state index >= 15 is 0 Å².